The van der Waals surface area contributed by atoms with Gasteiger partial charge in [0, 0.05) is 16.9 Å². The largest absolute Gasteiger partial charge is 0.477 e. The van der Waals surface area contributed by atoms with Gasteiger partial charge < -0.3 is 15.7 Å². The number of nitrogens with zero attached hydrogens (tertiary/aromatic N) is 1. The smallest absolute Gasteiger partial charge is 0.416 e. The van der Waals surface area contributed by atoms with Crippen LogP contribution in [0.25, 0.3) is 5.57 Å². The second-order valence-corrected chi connectivity index (χ2v) is 10.2. The fourth-order valence-corrected chi connectivity index (χ4v) is 4.57. The van der Waals surface area contributed by atoms with E-state index in [1.54, 1.807) is 12.1 Å². The van der Waals surface area contributed by atoms with Crippen LogP contribution in [0.4, 0.5) is 42.5 Å². The number of hydrogen-bond acceptors (Lipinski definition) is 3. The van der Waals surface area contributed by atoms with Crippen LogP contribution >= 0.6 is 0 Å². The van der Waals surface area contributed by atoms with E-state index in [2.05, 4.69) is 11.4 Å². The molecule has 7 nitrogen and oxygen atoms in total. The summed E-state index contributed by atoms with van der Waals surface area (Å²) in [6.07, 6.45) is 1.30. The van der Waals surface area contributed by atoms with Crippen LogP contribution in [-0.2, 0) is 17.5 Å². The monoisotopic (exact) mass is 619 g/mol. The number of carbonyl (C=O) groups excluding carboxylic acids is 2. The first-order valence-corrected chi connectivity index (χ1v) is 13.5. The highest BCUT2D eigenvalue weighted by Gasteiger charge is 2.39. The average Bonchev–Trinajstić information content (AvgIpc) is 2.98. The second-order valence-electron chi connectivity index (χ2n) is 10.2. The number of hydrogen-bond donors (Lipinski definition) is 3. The molecular formula is C31H27F6N3O4. The Morgan fingerprint density at radius 1 is 0.886 bits per heavy atom. The van der Waals surface area contributed by atoms with Crippen molar-refractivity contribution in [1.29, 1.82) is 0 Å². The quantitative estimate of drug-likeness (QED) is 0.216. The third-order valence-electron chi connectivity index (χ3n) is 6.90. The first-order chi connectivity index (χ1) is 20.7. The number of alkyl halides is 5. The maximum atomic E-state index is 14.0. The molecule has 0 aromatic heterocycles. The van der Waals surface area contributed by atoms with Gasteiger partial charge in [0.05, 0.1) is 18.7 Å². The Kier molecular flexibility index (Phi) is 9.65. The molecule has 3 aromatic carbocycles. The van der Waals surface area contributed by atoms with Crippen LogP contribution in [0.1, 0.15) is 52.7 Å². The highest BCUT2D eigenvalue weighted by molar-refractivity contribution is 6.02. The van der Waals surface area contributed by atoms with Crippen LogP contribution in [0.5, 0.6) is 0 Å². The van der Waals surface area contributed by atoms with Crippen LogP contribution in [0.15, 0.2) is 72.8 Å². The highest BCUT2D eigenvalue weighted by atomic mass is 19.4. The Bertz CT molecular complexity index is 1550. The molecule has 3 aromatic rings. The van der Waals surface area contributed by atoms with E-state index in [4.69, 9.17) is 5.11 Å². The number of nitrogens with one attached hydrogen (secondary N) is 2. The minimum absolute atomic E-state index is 0.0597. The summed E-state index contributed by atoms with van der Waals surface area (Å²) < 4.78 is 80.3. The summed E-state index contributed by atoms with van der Waals surface area (Å²) in [5, 5.41) is 12.7. The van der Waals surface area contributed by atoms with Crippen molar-refractivity contribution in [3.8, 4) is 0 Å². The molecule has 0 fully saturated rings. The SMILES string of the molecule is O=C(NCC(F)(F)C(=O)O)c1ccc(CN(C(=O)Nc2cc(F)cc(C(F)(F)F)c2)c2ccc(C3=CCCCC3)cc2)cc1. The first-order valence-electron chi connectivity index (χ1n) is 13.5. The van der Waals surface area contributed by atoms with E-state index in [0.717, 1.165) is 42.9 Å². The van der Waals surface area contributed by atoms with Gasteiger partial charge in [0.15, 0.2) is 0 Å². The van der Waals surface area contributed by atoms with Crippen molar-refractivity contribution in [1.82, 2.24) is 5.32 Å². The van der Waals surface area contributed by atoms with Crippen LogP contribution in [0.3, 0.4) is 0 Å². The van der Waals surface area contributed by atoms with Gasteiger partial charge in [-0.05, 0) is 84.8 Å². The van der Waals surface area contributed by atoms with E-state index in [9.17, 15) is 40.7 Å². The Balaban J connectivity index is 1.57. The Hall–Kier alpha value is -4.81. The summed E-state index contributed by atoms with van der Waals surface area (Å²) in [7, 11) is 0. The molecule has 0 atom stereocenters. The van der Waals surface area contributed by atoms with Gasteiger partial charge in [0.25, 0.3) is 5.91 Å². The molecule has 3 amide bonds. The Morgan fingerprint density at radius 2 is 1.57 bits per heavy atom. The zero-order chi connectivity index (χ0) is 32.1. The number of rotatable bonds is 9. The molecule has 0 saturated carbocycles. The molecule has 0 unspecified atom stereocenters. The van der Waals surface area contributed by atoms with E-state index in [0.29, 0.717) is 23.4 Å². The Morgan fingerprint density at radius 3 is 2.16 bits per heavy atom. The number of amides is 3. The van der Waals surface area contributed by atoms with Crippen molar-refractivity contribution in [2.75, 3.05) is 16.8 Å². The van der Waals surface area contributed by atoms with E-state index >= 15 is 0 Å². The number of carboxylic acids is 1. The number of urea groups is 1. The maximum Gasteiger partial charge on any atom is 0.416 e. The van der Waals surface area contributed by atoms with Crippen molar-refractivity contribution < 1.29 is 45.8 Å². The minimum Gasteiger partial charge on any atom is -0.477 e. The lowest BCUT2D eigenvalue weighted by Crippen LogP contribution is -2.42. The lowest BCUT2D eigenvalue weighted by atomic mass is 9.93. The van der Waals surface area contributed by atoms with Gasteiger partial charge in [0.2, 0.25) is 0 Å². The van der Waals surface area contributed by atoms with Crippen molar-refractivity contribution in [2.45, 2.75) is 44.3 Å². The summed E-state index contributed by atoms with van der Waals surface area (Å²) in [4.78, 5) is 37.4. The standard InChI is InChI=1S/C31H27F6N3O4/c32-24-14-23(31(35,36)37)15-25(16-24)39-29(44)40(26-12-10-21(11-13-26)20-4-2-1-3-5-20)17-19-6-8-22(9-7-19)27(41)38-18-30(33,34)28(42)43/h4,6-16H,1-3,5,17-18H2,(H,38,41)(H,39,44)(H,42,43). The molecule has 13 heteroatoms. The van der Waals surface area contributed by atoms with Gasteiger partial charge in [-0.3, -0.25) is 9.69 Å². The van der Waals surface area contributed by atoms with Crippen LogP contribution in [-0.4, -0.2) is 35.5 Å². The number of aliphatic carboxylic acids is 1. The number of anilines is 2. The topological polar surface area (TPSA) is 98.7 Å². The van der Waals surface area contributed by atoms with Gasteiger partial charge in [-0.1, -0.05) is 30.3 Å². The average molecular weight is 620 g/mol. The van der Waals surface area contributed by atoms with Crippen molar-refractivity contribution in [2.24, 2.45) is 0 Å². The summed E-state index contributed by atoms with van der Waals surface area (Å²) in [5.41, 5.74) is 1.18. The number of benzene rings is 3. The predicted octanol–water partition coefficient (Wildman–Crippen LogP) is 7.49. The van der Waals surface area contributed by atoms with E-state index < -0.39 is 53.6 Å². The number of allylic oxidation sites excluding steroid dienone is 2. The normalized spacial score (nSPS) is 13.5. The third kappa shape index (κ3) is 8.17. The molecule has 0 heterocycles. The number of carbonyl (C=O) groups is 3. The highest BCUT2D eigenvalue weighted by Crippen LogP contribution is 2.32. The van der Waals surface area contributed by atoms with E-state index in [-0.39, 0.29) is 12.1 Å². The minimum atomic E-state index is -4.84. The third-order valence-corrected chi connectivity index (χ3v) is 6.90. The summed E-state index contributed by atoms with van der Waals surface area (Å²) >= 11 is 0. The van der Waals surface area contributed by atoms with Gasteiger partial charge in [-0.25, -0.2) is 14.0 Å². The second kappa shape index (κ2) is 13.2. The van der Waals surface area contributed by atoms with Gasteiger partial charge in [-0.2, -0.15) is 22.0 Å². The molecule has 0 bridgehead atoms. The molecule has 4 rings (SSSR count). The molecule has 232 valence electrons. The lowest BCUT2D eigenvalue weighted by Gasteiger charge is -2.24. The van der Waals surface area contributed by atoms with Gasteiger partial charge >= 0.3 is 24.1 Å². The van der Waals surface area contributed by atoms with Crippen molar-refractivity contribution in [3.05, 3.63) is 101 Å². The first kappa shape index (κ1) is 32.1. The lowest BCUT2D eigenvalue weighted by molar-refractivity contribution is -0.163. The van der Waals surface area contributed by atoms with Crippen LogP contribution in [0.2, 0.25) is 0 Å². The zero-order valence-corrected chi connectivity index (χ0v) is 23.1. The maximum absolute atomic E-state index is 14.0. The number of carboxylic acid groups (broad SMARTS) is 1. The molecule has 0 spiro atoms. The fraction of sp³-hybridized carbons (Fsp3) is 0.258. The van der Waals surface area contributed by atoms with E-state index in [1.165, 1.54) is 29.2 Å². The molecular weight excluding hydrogens is 592 g/mol. The van der Waals surface area contributed by atoms with E-state index in [1.807, 2.05) is 17.4 Å². The molecule has 0 aliphatic heterocycles. The summed E-state index contributed by atoms with van der Waals surface area (Å²) in [5.74, 6) is -8.69. The fourth-order valence-electron chi connectivity index (χ4n) is 4.57. The molecule has 0 radical (unpaired) electrons. The molecule has 3 N–H and O–H groups in total. The molecule has 1 aliphatic rings. The predicted molar refractivity (Wildman–Crippen MR) is 151 cm³/mol. The molecule has 1 aliphatic carbocycles. The van der Waals surface area contributed by atoms with Crippen molar-refractivity contribution >= 4 is 34.9 Å². The van der Waals surface area contributed by atoms with Crippen LogP contribution < -0.4 is 15.5 Å². The van der Waals surface area contributed by atoms with Crippen molar-refractivity contribution in [3.63, 3.8) is 0 Å². The van der Waals surface area contributed by atoms with Gasteiger partial charge in [-0.15, -0.1) is 0 Å². The zero-order valence-electron chi connectivity index (χ0n) is 23.1. The Labute approximate surface area is 248 Å². The molecule has 0 saturated heterocycles. The van der Waals surface area contributed by atoms with Crippen LogP contribution in [0, 0.1) is 5.82 Å². The summed E-state index contributed by atoms with van der Waals surface area (Å²) in [6, 6.07) is 13.2. The summed E-state index contributed by atoms with van der Waals surface area (Å²) in [6.45, 7) is -1.56. The molecule has 44 heavy (non-hydrogen) atoms. The number of halogens is 6. The van der Waals surface area contributed by atoms with Gasteiger partial charge in [0.1, 0.15) is 5.82 Å².